The van der Waals surface area contributed by atoms with Crippen LogP contribution < -0.4 is 5.56 Å². The van der Waals surface area contributed by atoms with Crippen LogP contribution in [0.25, 0.3) is 10.9 Å². The van der Waals surface area contributed by atoms with E-state index in [1.54, 1.807) is 29.2 Å². The van der Waals surface area contributed by atoms with Crippen molar-refractivity contribution in [2.24, 2.45) is 0 Å². The van der Waals surface area contributed by atoms with Gasteiger partial charge in [-0.25, -0.2) is 4.98 Å². The van der Waals surface area contributed by atoms with Crippen molar-refractivity contribution in [3.05, 3.63) is 52.7 Å². The van der Waals surface area contributed by atoms with E-state index in [1.807, 2.05) is 0 Å². The number of aryl methyl sites for hydroxylation is 1. The number of amides is 1. The van der Waals surface area contributed by atoms with Crippen molar-refractivity contribution in [2.75, 3.05) is 13.1 Å². The summed E-state index contributed by atoms with van der Waals surface area (Å²) < 4.78 is 44.2. The second-order valence-corrected chi connectivity index (χ2v) is 7.13. The number of nitrogens with zero attached hydrogens (tertiary/aromatic N) is 5. The van der Waals surface area contributed by atoms with Crippen LogP contribution in [-0.2, 0) is 17.5 Å². The number of halogens is 3. The van der Waals surface area contributed by atoms with E-state index in [9.17, 15) is 22.8 Å². The molecule has 3 aromatic rings. The minimum atomic E-state index is -4.70. The number of likely N-dealkylation sites (tertiary alicyclic amines) is 1. The lowest BCUT2D eigenvalue weighted by molar-refractivity contribution is -0.157. The molecule has 0 radical (unpaired) electrons. The first-order valence-corrected chi connectivity index (χ1v) is 9.45. The molecule has 1 aliphatic heterocycles. The van der Waals surface area contributed by atoms with Gasteiger partial charge in [-0.2, -0.15) is 13.2 Å². The molecule has 1 atom stereocenters. The first-order chi connectivity index (χ1) is 14.3. The molecule has 0 aliphatic carbocycles. The minimum Gasteiger partial charge on any atom is -0.417 e. The van der Waals surface area contributed by atoms with Gasteiger partial charge in [0.2, 0.25) is 11.8 Å². The summed E-state index contributed by atoms with van der Waals surface area (Å²) in [7, 11) is 0. The van der Waals surface area contributed by atoms with E-state index < -0.39 is 18.0 Å². The van der Waals surface area contributed by atoms with Crippen molar-refractivity contribution in [3.63, 3.8) is 0 Å². The van der Waals surface area contributed by atoms with E-state index in [-0.39, 0.29) is 36.9 Å². The molecule has 4 rings (SSSR count). The lowest BCUT2D eigenvalue weighted by Gasteiger charge is -2.31. The van der Waals surface area contributed by atoms with Crippen LogP contribution in [0.3, 0.4) is 0 Å². The Morgan fingerprint density at radius 2 is 2.03 bits per heavy atom. The van der Waals surface area contributed by atoms with Crippen molar-refractivity contribution < 1.29 is 22.4 Å². The fourth-order valence-corrected chi connectivity index (χ4v) is 3.56. The van der Waals surface area contributed by atoms with E-state index in [0.29, 0.717) is 30.3 Å². The second kappa shape index (κ2) is 7.88. The van der Waals surface area contributed by atoms with E-state index in [1.165, 1.54) is 10.9 Å². The van der Waals surface area contributed by atoms with Crippen LogP contribution in [0.15, 0.2) is 39.8 Å². The van der Waals surface area contributed by atoms with Crippen molar-refractivity contribution in [1.82, 2.24) is 24.6 Å². The molecular formula is C19H18F3N5O3. The summed E-state index contributed by atoms with van der Waals surface area (Å²) in [5.41, 5.74) is 0.359. The molecule has 1 aliphatic rings. The number of carbonyl (C=O) groups is 1. The van der Waals surface area contributed by atoms with Crippen LogP contribution in [-0.4, -0.2) is 43.6 Å². The number of hydrogen-bond donors (Lipinski definition) is 0. The summed E-state index contributed by atoms with van der Waals surface area (Å²) >= 11 is 0. The summed E-state index contributed by atoms with van der Waals surface area (Å²) in [6.45, 7) is 0.846. The molecule has 30 heavy (non-hydrogen) atoms. The lowest BCUT2D eigenvalue weighted by atomic mass is 9.98. The van der Waals surface area contributed by atoms with Crippen molar-refractivity contribution in [1.29, 1.82) is 0 Å². The molecule has 2 aromatic heterocycles. The maximum Gasteiger partial charge on any atom is 0.470 e. The molecule has 1 aromatic carbocycles. The Bertz CT molecular complexity index is 1120. The average Bonchev–Trinajstić information content (AvgIpc) is 3.24. The van der Waals surface area contributed by atoms with Crippen LogP contribution in [0, 0.1) is 0 Å². The standard InChI is InChI=1S/C19H18F3N5O3/c20-19(21,22)18-25-24-16(30-18)12-4-3-8-26(10-12)15(28)7-9-27-11-23-14-6-2-1-5-13(14)17(27)29/h1-2,5-6,11-12H,3-4,7-10H2. The Labute approximate surface area is 168 Å². The maximum atomic E-state index is 12.7. The minimum absolute atomic E-state index is 0.0737. The van der Waals surface area contributed by atoms with Crippen LogP contribution in [0.2, 0.25) is 0 Å². The predicted octanol–water partition coefficient (Wildman–Crippen LogP) is 2.59. The predicted molar refractivity (Wildman–Crippen MR) is 98.5 cm³/mol. The topological polar surface area (TPSA) is 94.1 Å². The SMILES string of the molecule is O=C(CCn1cnc2ccccc2c1=O)N1CCCC(c2nnc(C(F)(F)F)o2)C1. The number of benzene rings is 1. The first-order valence-electron chi connectivity index (χ1n) is 9.45. The van der Waals surface area contributed by atoms with Gasteiger partial charge in [-0.15, -0.1) is 10.2 Å². The number of aromatic nitrogens is 4. The van der Waals surface area contributed by atoms with Gasteiger partial charge < -0.3 is 9.32 Å². The van der Waals surface area contributed by atoms with Gasteiger partial charge in [-0.1, -0.05) is 12.1 Å². The number of fused-ring (bicyclic) bond motifs is 1. The normalized spacial score (nSPS) is 17.4. The fraction of sp³-hybridized carbons (Fsp3) is 0.421. The number of alkyl halides is 3. The third-order valence-electron chi connectivity index (χ3n) is 5.10. The van der Waals surface area contributed by atoms with E-state index in [2.05, 4.69) is 15.2 Å². The summed E-state index contributed by atoms with van der Waals surface area (Å²) in [5.74, 6) is -2.15. The van der Waals surface area contributed by atoms with Crippen molar-refractivity contribution in [3.8, 4) is 0 Å². The maximum absolute atomic E-state index is 12.7. The molecule has 158 valence electrons. The monoisotopic (exact) mass is 421 g/mol. The molecule has 1 fully saturated rings. The molecule has 1 unspecified atom stereocenters. The molecule has 0 saturated carbocycles. The number of piperidine rings is 1. The zero-order chi connectivity index (χ0) is 21.3. The first kappa shape index (κ1) is 20.0. The number of carbonyl (C=O) groups excluding carboxylic acids is 1. The van der Waals surface area contributed by atoms with Gasteiger partial charge in [0, 0.05) is 26.1 Å². The Morgan fingerprint density at radius 1 is 1.23 bits per heavy atom. The molecule has 3 heterocycles. The number of rotatable bonds is 4. The van der Waals surface area contributed by atoms with Crippen LogP contribution in [0.1, 0.15) is 37.0 Å². The quantitative estimate of drug-likeness (QED) is 0.643. The van der Waals surface area contributed by atoms with Gasteiger partial charge >= 0.3 is 12.1 Å². The zero-order valence-electron chi connectivity index (χ0n) is 15.8. The van der Waals surface area contributed by atoms with Gasteiger partial charge in [-0.05, 0) is 25.0 Å². The fourth-order valence-electron chi connectivity index (χ4n) is 3.56. The van der Waals surface area contributed by atoms with Gasteiger partial charge in [0.1, 0.15) is 0 Å². The largest absolute Gasteiger partial charge is 0.470 e. The molecule has 1 saturated heterocycles. The van der Waals surface area contributed by atoms with E-state index in [0.717, 1.165) is 0 Å². The third kappa shape index (κ3) is 4.05. The summed E-state index contributed by atoms with van der Waals surface area (Å²) in [6.07, 6.45) is -2.05. The van der Waals surface area contributed by atoms with E-state index in [4.69, 9.17) is 4.42 Å². The molecule has 1 amide bonds. The summed E-state index contributed by atoms with van der Waals surface area (Å²) in [5, 5.41) is 7.03. The smallest absolute Gasteiger partial charge is 0.417 e. The highest BCUT2D eigenvalue weighted by atomic mass is 19.4. The zero-order valence-corrected chi connectivity index (χ0v) is 15.8. The van der Waals surface area contributed by atoms with Crippen molar-refractivity contribution in [2.45, 2.75) is 37.9 Å². The summed E-state index contributed by atoms with van der Waals surface area (Å²) in [6, 6.07) is 6.95. The molecule has 8 nitrogen and oxygen atoms in total. The molecule has 0 spiro atoms. The Morgan fingerprint density at radius 3 is 2.80 bits per heavy atom. The Hall–Kier alpha value is -3.24. The average molecular weight is 421 g/mol. The lowest BCUT2D eigenvalue weighted by Crippen LogP contribution is -2.39. The van der Waals surface area contributed by atoms with Crippen molar-refractivity contribution >= 4 is 16.8 Å². The highest BCUT2D eigenvalue weighted by Gasteiger charge is 2.39. The molecule has 0 bridgehead atoms. The Kier molecular flexibility index (Phi) is 5.27. The second-order valence-electron chi connectivity index (χ2n) is 7.13. The van der Waals surface area contributed by atoms with Gasteiger partial charge in [0.05, 0.1) is 23.1 Å². The molecule has 0 N–H and O–H groups in total. The van der Waals surface area contributed by atoms with Gasteiger partial charge in [0.15, 0.2) is 0 Å². The third-order valence-corrected chi connectivity index (χ3v) is 5.10. The highest BCUT2D eigenvalue weighted by molar-refractivity contribution is 5.77. The van der Waals surface area contributed by atoms with Crippen LogP contribution >= 0.6 is 0 Å². The Balaban J connectivity index is 1.41. The van der Waals surface area contributed by atoms with Crippen LogP contribution in [0.4, 0.5) is 13.2 Å². The van der Waals surface area contributed by atoms with E-state index >= 15 is 0 Å². The van der Waals surface area contributed by atoms with Gasteiger partial charge in [-0.3, -0.25) is 14.2 Å². The molecular weight excluding hydrogens is 403 g/mol. The van der Waals surface area contributed by atoms with Crippen LogP contribution in [0.5, 0.6) is 0 Å². The highest BCUT2D eigenvalue weighted by Crippen LogP contribution is 2.32. The summed E-state index contributed by atoms with van der Waals surface area (Å²) in [4.78, 5) is 30.9. The molecule has 11 heteroatoms. The number of para-hydroxylation sites is 1. The van der Waals surface area contributed by atoms with Gasteiger partial charge in [0.25, 0.3) is 5.56 Å². The number of hydrogen-bond acceptors (Lipinski definition) is 6.